The summed E-state index contributed by atoms with van der Waals surface area (Å²) >= 11 is 0. The molecule has 604 valence electrons. The molecule has 0 radical (unpaired) electrons. The first-order chi connectivity index (χ1) is 56.3. The number of hydrogen-bond acceptors (Lipinski definition) is 16. The Hall–Kier alpha value is -15.0. The second-order valence-corrected chi connectivity index (χ2v) is 30.0. The van der Waals surface area contributed by atoms with E-state index < -0.39 is 52.5 Å². The Bertz CT molecular complexity index is 5700. The van der Waals surface area contributed by atoms with Gasteiger partial charge in [-0.3, -0.25) is 14.4 Å². The zero-order valence-corrected chi connectivity index (χ0v) is 67.8. The highest BCUT2D eigenvalue weighted by atomic mass is 35.5. The molecule has 0 aliphatic rings. The van der Waals surface area contributed by atoms with E-state index in [1.807, 2.05) is 211 Å². The lowest BCUT2D eigenvalue weighted by Gasteiger charge is -2.21. The monoisotopic (exact) mass is 1610 g/mol. The van der Waals surface area contributed by atoms with Crippen LogP contribution < -0.4 is 21.7 Å². The lowest BCUT2D eigenvalue weighted by Crippen LogP contribution is -2.25. The van der Waals surface area contributed by atoms with Gasteiger partial charge in [0.2, 0.25) is 0 Å². The predicted octanol–water partition coefficient (Wildman–Crippen LogP) is 20.0. The molecule has 3 heterocycles. The van der Waals surface area contributed by atoms with E-state index in [1.54, 1.807) is 153 Å². The molecule has 11 aromatic carbocycles. The number of carboxylic acid groups (broad SMARTS) is 1. The molecule has 119 heavy (non-hydrogen) atoms. The van der Waals surface area contributed by atoms with Crippen molar-refractivity contribution in [2.75, 3.05) is 21.7 Å². The molecule has 14 aromatic rings. The molecular formula is C95H89ClN10O13. The summed E-state index contributed by atoms with van der Waals surface area (Å²) in [7, 11) is 0. The van der Waals surface area contributed by atoms with Crippen molar-refractivity contribution in [3.8, 4) is 73.1 Å². The molecule has 0 atom stereocenters. The molecule has 8 N–H and O–H groups in total. The van der Waals surface area contributed by atoms with Crippen LogP contribution in [0.2, 0.25) is 0 Å². The fourth-order valence-electron chi connectivity index (χ4n) is 12.0. The summed E-state index contributed by atoms with van der Waals surface area (Å²) in [5.41, 5.74) is 17.0. The molecule has 14 rings (SSSR count). The number of carbonyl (C=O) groups excluding carboxylic acids is 6. The minimum absolute atomic E-state index is 0. The highest BCUT2D eigenvalue weighted by molar-refractivity contribution is 6.12. The van der Waals surface area contributed by atoms with E-state index in [-0.39, 0.29) is 63.4 Å². The first-order valence-electron chi connectivity index (χ1n) is 37.4. The van der Waals surface area contributed by atoms with Crippen molar-refractivity contribution in [1.82, 2.24) is 28.7 Å². The third-order valence-corrected chi connectivity index (χ3v) is 17.7. The number of esters is 3. The number of aromatic carboxylic acids is 1. The van der Waals surface area contributed by atoms with Gasteiger partial charge in [-0.15, -0.1) is 12.4 Å². The van der Waals surface area contributed by atoms with E-state index >= 15 is 0 Å². The van der Waals surface area contributed by atoms with Crippen LogP contribution in [0.3, 0.4) is 0 Å². The Morgan fingerprint density at radius 2 is 0.622 bits per heavy atom. The van der Waals surface area contributed by atoms with Gasteiger partial charge in [0.1, 0.15) is 28.3 Å². The fraction of sp³-hybridized carbons (Fsp3) is 0.137. The van der Waals surface area contributed by atoms with E-state index in [0.717, 1.165) is 55.8 Å². The Kier molecular flexibility index (Phi) is 27.9. The molecule has 3 amide bonds. The van der Waals surface area contributed by atoms with Gasteiger partial charge in [-0.25, -0.2) is 34.1 Å². The van der Waals surface area contributed by atoms with Crippen molar-refractivity contribution in [3.63, 3.8) is 0 Å². The first-order valence-corrected chi connectivity index (χ1v) is 37.4. The molecule has 23 nitrogen and oxygen atoms in total. The summed E-state index contributed by atoms with van der Waals surface area (Å²) in [5.74, 6) is -4.50. The Morgan fingerprint density at radius 3 is 0.933 bits per heavy atom. The third kappa shape index (κ3) is 23.4. The standard InChI is InChI=1S/C28H27N3O3.C27H25N3O4.C23H17N3O4.C17H19NO2.ClH/c1-19-10-12-22(31-15-14-29-18-31)17-24(19)26(32)30-25-16-21(20-8-6-5-7-9-20)11-13-23(25)27(33)34-28(2,3)4;1-27(2,3)34-26(33)21-11-9-19(18-7-5-4-6-8-18)15-23(21)29-25(32)22-16-20(10-12-24(22)31)30-14-13-28-17-30;27-21-9-7-17(26-11-10-24-14-26)13-19(21)22(28)25-20-12-16(6-8-18(20)23(29)30)15-4-2-1-3-5-15;1-17(2,3)20-16(19)14-10-9-13(11-15(14)18)12-7-5-4-6-8-12;/h5-18H,1-4H3,(H,30,32);4-17,31H,1-3H3,(H,29,32);1-14,27H,(H,25,28)(H,29,30);4-11H,18H2,1-3H3;1H. The Balaban J connectivity index is 0.000000169. The smallest absolute Gasteiger partial charge is 0.340 e. The number of carboxylic acids is 1. The van der Waals surface area contributed by atoms with Gasteiger partial charge in [-0.1, -0.05) is 152 Å². The lowest BCUT2D eigenvalue weighted by molar-refractivity contribution is 0.00580. The van der Waals surface area contributed by atoms with E-state index in [9.17, 15) is 48.9 Å². The van der Waals surface area contributed by atoms with Crippen molar-refractivity contribution >= 4 is 76.8 Å². The molecule has 0 unspecified atom stereocenters. The van der Waals surface area contributed by atoms with Gasteiger partial charge in [0.05, 0.1) is 69.4 Å². The maximum absolute atomic E-state index is 13.4. The summed E-state index contributed by atoms with van der Waals surface area (Å²) < 4.78 is 21.7. The number of carbonyl (C=O) groups is 7. The van der Waals surface area contributed by atoms with Crippen LogP contribution in [0.5, 0.6) is 11.5 Å². The maximum atomic E-state index is 13.4. The number of phenolic OH excluding ortho intramolecular Hbond substituents is 2. The summed E-state index contributed by atoms with van der Waals surface area (Å²) in [6.07, 6.45) is 15.0. The van der Waals surface area contributed by atoms with Crippen LogP contribution in [0.1, 0.15) is 140 Å². The molecule has 0 bridgehead atoms. The highest BCUT2D eigenvalue weighted by Gasteiger charge is 2.27. The highest BCUT2D eigenvalue weighted by Crippen LogP contribution is 2.34. The van der Waals surface area contributed by atoms with Crippen LogP contribution in [-0.4, -0.2) is 102 Å². The molecule has 0 saturated heterocycles. The molecule has 24 heteroatoms. The molecule has 3 aromatic heterocycles. The average molecular weight is 1610 g/mol. The van der Waals surface area contributed by atoms with E-state index in [1.165, 1.54) is 24.3 Å². The van der Waals surface area contributed by atoms with Crippen LogP contribution in [0.4, 0.5) is 22.7 Å². The SMILES string of the molecule is CC(C)(C)OC(=O)c1ccc(-c2ccccc2)cc1N.CC(C)(C)OC(=O)c1ccc(-c2ccccc2)cc1NC(=O)c1cc(-n2ccnc2)ccc1O.Cc1ccc(-n2ccnc2)cc1C(=O)Nc1cc(-c2ccccc2)ccc1C(=O)OC(C)(C)C.Cl.O=C(Nc1cc(-c2ccccc2)ccc1C(=O)O)c1cc(-n2ccnc2)ccc1O. The van der Waals surface area contributed by atoms with Gasteiger partial charge >= 0.3 is 23.9 Å². The van der Waals surface area contributed by atoms with E-state index in [0.29, 0.717) is 39.4 Å². The summed E-state index contributed by atoms with van der Waals surface area (Å²) in [6.45, 7) is 18.1. The number of nitrogen functional groups attached to an aromatic ring is 1. The number of imidazole rings is 3. The number of phenols is 2. The topological polar surface area (TPSA) is 323 Å². The van der Waals surface area contributed by atoms with Crippen molar-refractivity contribution < 1.29 is 63.1 Å². The van der Waals surface area contributed by atoms with Gasteiger partial charge in [0.25, 0.3) is 17.7 Å². The maximum Gasteiger partial charge on any atom is 0.340 e. The third-order valence-electron chi connectivity index (χ3n) is 17.7. The quantitative estimate of drug-likeness (QED) is 0.0253. The number of nitrogens with one attached hydrogen (secondary N) is 3. The van der Waals surface area contributed by atoms with Crippen LogP contribution in [0, 0.1) is 6.92 Å². The van der Waals surface area contributed by atoms with Crippen LogP contribution in [0.25, 0.3) is 61.6 Å². The van der Waals surface area contributed by atoms with E-state index in [4.69, 9.17) is 19.9 Å². The fourth-order valence-corrected chi connectivity index (χ4v) is 12.0. The van der Waals surface area contributed by atoms with Crippen molar-refractivity contribution in [2.24, 2.45) is 0 Å². The second-order valence-electron chi connectivity index (χ2n) is 30.0. The number of amides is 3. The van der Waals surface area contributed by atoms with Crippen molar-refractivity contribution in [3.05, 3.63) is 349 Å². The molecule has 0 saturated carbocycles. The van der Waals surface area contributed by atoms with Crippen molar-refractivity contribution in [2.45, 2.75) is 86.0 Å². The average Bonchev–Trinajstić information content (AvgIpc) is 1.17. The number of anilines is 4. The number of benzene rings is 11. The van der Waals surface area contributed by atoms with Gasteiger partial charge < -0.3 is 64.9 Å². The van der Waals surface area contributed by atoms with Crippen molar-refractivity contribution in [1.29, 1.82) is 0 Å². The number of hydrogen-bond donors (Lipinski definition) is 7. The summed E-state index contributed by atoms with van der Waals surface area (Å²) in [5, 5.41) is 38.5. The number of nitrogens with zero attached hydrogens (tertiary/aromatic N) is 6. The van der Waals surface area contributed by atoms with Gasteiger partial charge in [0, 0.05) is 65.5 Å². The number of ether oxygens (including phenoxy) is 3. The lowest BCUT2D eigenvalue weighted by atomic mass is 10.0. The summed E-state index contributed by atoms with van der Waals surface area (Å²) in [6, 6.07) is 74.2. The minimum Gasteiger partial charge on any atom is -0.507 e. The molecule has 0 aliphatic heterocycles. The number of aryl methyl sites for hydroxylation is 1. The number of nitrogens with two attached hydrogens (primary N) is 1. The van der Waals surface area contributed by atoms with Crippen LogP contribution in [-0.2, 0) is 14.2 Å². The molecular weight excluding hydrogens is 1520 g/mol. The van der Waals surface area contributed by atoms with Gasteiger partial charge in [-0.05, 0) is 216 Å². The molecule has 0 aliphatic carbocycles. The Morgan fingerprint density at radius 1 is 0.336 bits per heavy atom. The Labute approximate surface area is 694 Å². The van der Waals surface area contributed by atoms with E-state index in [2.05, 4.69) is 30.9 Å². The number of aromatic hydroxyl groups is 2. The normalized spacial score (nSPS) is 10.9. The minimum atomic E-state index is -1.17. The van der Waals surface area contributed by atoms with Gasteiger partial charge in [0.15, 0.2) is 0 Å². The number of rotatable bonds is 17. The first kappa shape index (κ1) is 86.4. The number of aromatic nitrogens is 6. The number of halogens is 1. The molecule has 0 fully saturated rings. The predicted molar refractivity (Wildman–Crippen MR) is 464 cm³/mol. The zero-order valence-electron chi connectivity index (χ0n) is 67.0. The van der Waals surface area contributed by atoms with Crippen LogP contribution in [0.15, 0.2) is 305 Å². The van der Waals surface area contributed by atoms with Gasteiger partial charge in [-0.2, -0.15) is 0 Å². The second kappa shape index (κ2) is 38.4. The largest absolute Gasteiger partial charge is 0.507 e. The zero-order chi connectivity index (χ0) is 84.4. The summed E-state index contributed by atoms with van der Waals surface area (Å²) in [4.78, 5) is 101. The molecule has 0 spiro atoms. The van der Waals surface area contributed by atoms with Crippen LogP contribution >= 0.6 is 12.4 Å².